The summed E-state index contributed by atoms with van der Waals surface area (Å²) in [5.41, 5.74) is 3.97. The first-order valence-electron chi connectivity index (χ1n) is 8.59. The summed E-state index contributed by atoms with van der Waals surface area (Å²) >= 11 is 0. The number of amides is 1. The Balaban J connectivity index is 1.49. The van der Waals surface area contributed by atoms with Crippen LogP contribution in [0.1, 0.15) is 17.2 Å². The Labute approximate surface area is 156 Å². The lowest BCUT2D eigenvalue weighted by molar-refractivity contribution is -0.115. The van der Waals surface area contributed by atoms with Gasteiger partial charge in [-0.2, -0.15) is 0 Å². The van der Waals surface area contributed by atoms with Crippen LogP contribution in [-0.4, -0.2) is 33.1 Å². The summed E-state index contributed by atoms with van der Waals surface area (Å²) in [4.78, 5) is 20.7. The number of carbonyl (C=O) groups excluding carboxylic acids is 1. The van der Waals surface area contributed by atoms with Gasteiger partial charge in [0.15, 0.2) is 0 Å². The van der Waals surface area contributed by atoms with Crippen molar-refractivity contribution in [1.82, 2.24) is 20.2 Å². The second-order valence-corrected chi connectivity index (χ2v) is 6.36. The van der Waals surface area contributed by atoms with E-state index in [1.165, 1.54) is 0 Å². The molecule has 0 radical (unpaired) electrons. The van der Waals surface area contributed by atoms with Crippen LogP contribution < -0.4 is 10.6 Å². The predicted octanol–water partition coefficient (Wildman–Crippen LogP) is 1.72. The largest absolute Gasteiger partial charge is 0.386 e. The van der Waals surface area contributed by atoms with Crippen molar-refractivity contribution >= 4 is 29.0 Å². The summed E-state index contributed by atoms with van der Waals surface area (Å²) in [5.74, 6) is 0.0795. The topological polar surface area (TPSA) is 91.5 Å². The number of nitrogens with one attached hydrogen (secondary N) is 2. The van der Waals surface area contributed by atoms with Gasteiger partial charge in [0.2, 0.25) is 5.96 Å². The van der Waals surface area contributed by atoms with Crippen LogP contribution in [0, 0.1) is 0 Å². The molecule has 7 nitrogen and oxygen atoms in total. The third-order valence-electron chi connectivity index (χ3n) is 4.40. The minimum Gasteiger partial charge on any atom is -0.386 e. The molecule has 0 saturated carbocycles. The molecular formula is C20H19N5O2. The van der Waals surface area contributed by atoms with Crippen molar-refractivity contribution < 1.29 is 9.90 Å². The first-order valence-corrected chi connectivity index (χ1v) is 8.59. The first-order chi connectivity index (χ1) is 13.1. The van der Waals surface area contributed by atoms with E-state index in [-0.39, 0.29) is 12.5 Å². The molecule has 0 bridgehead atoms. The molecule has 1 aliphatic heterocycles. The fourth-order valence-electron chi connectivity index (χ4n) is 2.93. The molecule has 1 aromatic heterocycles. The van der Waals surface area contributed by atoms with Crippen molar-refractivity contribution in [2.75, 3.05) is 6.54 Å². The van der Waals surface area contributed by atoms with Gasteiger partial charge in [-0.15, -0.1) is 0 Å². The van der Waals surface area contributed by atoms with Crippen LogP contribution in [-0.2, 0) is 11.8 Å². The van der Waals surface area contributed by atoms with Gasteiger partial charge in [0.1, 0.15) is 5.70 Å². The summed E-state index contributed by atoms with van der Waals surface area (Å²) in [6.45, 7) is 0.154. The van der Waals surface area contributed by atoms with Gasteiger partial charge in [-0.25, -0.2) is 9.98 Å². The molecule has 1 aliphatic rings. The fourth-order valence-corrected chi connectivity index (χ4v) is 2.93. The maximum atomic E-state index is 12.2. The number of benzene rings is 2. The van der Waals surface area contributed by atoms with Crippen LogP contribution in [0.2, 0.25) is 0 Å². The van der Waals surface area contributed by atoms with Crippen LogP contribution in [0.5, 0.6) is 0 Å². The molecule has 0 aliphatic carbocycles. The Bertz CT molecular complexity index is 1050. The maximum absolute atomic E-state index is 12.2. The van der Waals surface area contributed by atoms with Crippen LogP contribution in [0.3, 0.4) is 0 Å². The number of aromatic nitrogens is 2. The van der Waals surface area contributed by atoms with Gasteiger partial charge in [-0.1, -0.05) is 36.4 Å². The van der Waals surface area contributed by atoms with E-state index in [1.54, 1.807) is 12.4 Å². The molecule has 2 aromatic carbocycles. The standard InChI is InChI=1S/C20H19N5O2/c1-25-12-22-15-8-7-13(10-17(15)25)9-16-19(27)24-20(23-16)21-11-18(26)14-5-3-2-4-6-14/h2-10,12,18,26H,11H2,1H3,(H2,21,23,24,27)/b16-9-. The van der Waals surface area contributed by atoms with Gasteiger partial charge < -0.3 is 15.0 Å². The van der Waals surface area contributed by atoms with E-state index in [1.807, 2.05) is 60.1 Å². The van der Waals surface area contributed by atoms with Crippen LogP contribution in [0.15, 0.2) is 65.5 Å². The van der Waals surface area contributed by atoms with E-state index in [9.17, 15) is 9.90 Å². The van der Waals surface area contributed by atoms with E-state index in [4.69, 9.17) is 0 Å². The smallest absolute Gasteiger partial charge is 0.274 e. The van der Waals surface area contributed by atoms with Gasteiger partial charge in [0.05, 0.1) is 30.0 Å². The molecular weight excluding hydrogens is 342 g/mol. The van der Waals surface area contributed by atoms with E-state index in [2.05, 4.69) is 20.6 Å². The molecule has 1 atom stereocenters. The molecule has 4 rings (SSSR count). The number of rotatable bonds is 4. The average Bonchev–Trinajstić information content (AvgIpc) is 3.23. The Morgan fingerprint density at radius 1 is 1.22 bits per heavy atom. The minimum absolute atomic E-state index is 0.154. The van der Waals surface area contributed by atoms with Crippen molar-refractivity contribution in [3.63, 3.8) is 0 Å². The van der Waals surface area contributed by atoms with E-state index in [0.29, 0.717) is 11.7 Å². The van der Waals surface area contributed by atoms with Gasteiger partial charge in [0.25, 0.3) is 5.91 Å². The third kappa shape index (κ3) is 3.58. The predicted molar refractivity (Wildman–Crippen MR) is 104 cm³/mol. The van der Waals surface area contributed by atoms with Crippen LogP contribution in [0.25, 0.3) is 17.1 Å². The number of guanidine groups is 1. The zero-order chi connectivity index (χ0) is 18.8. The highest BCUT2D eigenvalue weighted by molar-refractivity contribution is 6.15. The van der Waals surface area contributed by atoms with Gasteiger partial charge in [-0.3, -0.25) is 10.1 Å². The van der Waals surface area contributed by atoms with Crippen molar-refractivity contribution in [3.8, 4) is 0 Å². The number of aliphatic hydroxyl groups excluding tert-OH is 1. The molecule has 2 heterocycles. The van der Waals surface area contributed by atoms with E-state index < -0.39 is 6.10 Å². The Hall–Kier alpha value is -3.45. The summed E-state index contributed by atoms with van der Waals surface area (Å²) in [7, 11) is 1.93. The zero-order valence-electron chi connectivity index (χ0n) is 14.8. The van der Waals surface area contributed by atoms with Crippen molar-refractivity contribution in [3.05, 3.63) is 71.7 Å². The number of aliphatic imine (C=N–C) groups is 1. The highest BCUT2D eigenvalue weighted by Crippen LogP contribution is 2.17. The quantitative estimate of drug-likeness (QED) is 0.617. The number of aryl methyl sites for hydroxylation is 1. The number of fused-ring (bicyclic) bond motifs is 1. The molecule has 27 heavy (non-hydrogen) atoms. The minimum atomic E-state index is -0.724. The molecule has 1 fully saturated rings. The van der Waals surface area contributed by atoms with Crippen LogP contribution >= 0.6 is 0 Å². The molecule has 7 heteroatoms. The number of carbonyl (C=O) groups is 1. The number of hydrogen-bond acceptors (Lipinski definition) is 4. The molecule has 1 amide bonds. The van der Waals surface area contributed by atoms with E-state index in [0.717, 1.165) is 22.2 Å². The number of aliphatic hydroxyl groups is 1. The molecule has 3 N–H and O–H groups in total. The summed E-state index contributed by atoms with van der Waals surface area (Å²) in [5, 5.41) is 15.8. The Kier molecular flexibility index (Phi) is 4.43. The number of imidazole rings is 1. The third-order valence-corrected chi connectivity index (χ3v) is 4.40. The highest BCUT2D eigenvalue weighted by Gasteiger charge is 2.22. The van der Waals surface area contributed by atoms with Gasteiger partial charge >= 0.3 is 0 Å². The lowest BCUT2D eigenvalue weighted by atomic mass is 10.1. The van der Waals surface area contributed by atoms with Crippen molar-refractivity contribution in [1.29, 1.82) is 0 Å². The first kappa shape index (κ1) is 17.0. The Morgan fingerprint density at radius 3 is 2.85 bits per heavy atom. The average molecular weight is 361 g/mol. The van der Waals surface area contributed by atoms with E-state index >= 15 is 0 Å². The highest BCUT2D eigenvalue weighted by atomic mass is 16.3. The lowest BCUT2D eigenvalue weighted by Crippen LogP contribution is -2.26. The lowest BCUT2D eigenvalue weighted by Gasteiger charge is -2.08. The fraction of sp³-hybridized carbons (Fsp3) is 0.150. The summed E-state index contributed by atoms with van der Waals surface area (Å²) in [6, 6.07) is 15.1. The second kappa shape index (κ2) is 7.05. The van der Waals surface area contributed by atoms with Crippen molar-refractivity contribution in [2.45, 2.75) is 6.10 Å². The summed E-state index contributed by atoms with van der Waals surface area (Å²) < 4.78 is 1.93. The maximum Gasteiger partial charge on any atom is 0.274 e. The Morgan fingerprint density at radius 2 is 2.04 bits per heavy atom. The van der Waals surface area contributed by atoms with Crippen molar-refractivity contribution in [2.24, 2.45) is 12.0 Å². The molecule has 1 unspecified atom stereocenters. The number of nitrogens with zero attached hydrogens (tertiary/aromatic N) is 3. The monoisotopic (exact) mass is 361 g/mol. The SMILES string of the molecule is Cn1cnc2ccc(/C=C3\NC(=NCC(O)c4ccccc4)NC3=O)cc21. The molecule has 136 valence electrons. The van der Waals surface area contributed by atoms with Gasteiger partial charge in [0, 0.05) is 7.05 Å². The zero-order valence-corrected chi connectivity index (χ0v) is 14.8. The molecule has 3 aromatic rings. The molecule has 1 saturated heterocycles. The van der Waals surface area contributed by atoms with Gasteiger partial charge in [-0.05, 0) is 29.3 Å². The second-order valence-electron chi connectivity index (χ2n) is 6.36. The normalized spacial score (nSPS) is 18.1. The van der Waals surface area contributed by atoms with Crippen LogP contribution in [0.4, 0.5) is 0 Å². The summed E-state index contributed by atoms with van der Waals surface area (Å²) in [6.07, 6.45) is 2.79. The molecule has 0 spiro atoms. The number of hydrogen-bond donors (Lipinski definition) is 3.